The van der Waals surface area contributed by atoms with Gasteiger partial charge in [0.05, 0.1) is 16.5 Å². The third-order valence-corrected chi connectivity index (χ3v) is 3.89. The molecule has 0 amide bonds. The number of sulfonamides is 1. The van der Waals surface area contributed by atoms with Gasteiger partial charge in [-0.2, -0.15) is 5.26 Å². The van der Waals surface area contributed by atoms with E-state index in [0.717, 1.165) is 0 Å². The number of nitrogens with one attached hydrogen (secondary N) is 1. The maximum Gasteiger partial charge on any atom is 0.241 e. The van der Waals surface area contributed by atoms with Crippen molar-refractivity contribution in [2.45, 2.75) is 24.3 Å². The molecule has 0 saturated heterocycles. The van der Waals surface area contributed by atoms with Crippen LogP contribution in [0.25, 0.3) is 0 Å². The highest BCUT2D eigenvalue weighted by Crippen LogP contribution is 2.13. The fourth-order valence-electron chi connectivity index (χ4n) is 1.20. The second kappa shape index (κ2) is 4.84. The van der Waals surface area contributed by atoms with Gasteiger partial charge < -0.3 is 5.73 Å². The molecule has 0 aliphatic carbocycles. The van der Waals surface area contributed by atoms with Crippen molar-refractivity contribution in [2.24, 2.45) is 5.73 Å². The Morgan fingerprint density at radius 1 is 1.47 bits per heavy atom. The van der Waals surface area contributed by atoms with E-state index in [-0.39, 0.29) is 11.4 Å². The van der Waals surface area contributed by atoms with Crippen molar-refractivity contribution in [3.8, 4) is 6.07 Å². The minimum absolute atomic E-state index is 0.0677. The minimum Gasteiger partial charge on any atom is -0.329 e. The van der Waals surface area contributed by atoms with Crippen LogP contribution in [0.5, 0.6) is 0 Å². The monoisotopic (exact) mass is 253 g/mol. The van der Waals surface area contributed by atoms with E-state index in [1.807, 2.05) is 6.07 Å². The number of hydrogen-bond donors (Lipinski definition) is 2. The average Bonchev–Trinajstić information content (AvgIpc) is 2.28. The standard InChI is InChI=1S/C11H15N3O2S/c1-11(2,8-13)14-17(15,16)10-5-3-4-9(6-10)7-12/h3-6,14H,8,13H2,1-2H3. The van der Waals surface area contributed by atoms with Gasteiger partial charge in [0.2, 0.25) is 10.0 Å². The van der Waals surface area contributed by atoms with E-state index in [9.17, 15) is 8.42 Å². The van der Waals surface area contributed by atoms with Gasteiger partial charge in [-0.05, 0) is 32.0 Å². The second-order valence-corrected chi connectivity index (χ2v) is 6.02. The molecule has 0 radical (unpaired) electrons. The number of benzene rings is 1. The lowest BCUT2D eigenvalue weighted by molar-refractivity contribution is 0.462. The number of nitrogens with two attached hydrogens (primary N) is 1. The lowest BCUT2D eigenvalue weighted by atomic mass is 10.1. The Bertz CT molecular complexity index is 544. The van der Waals surface area contributed by atoms with Gasteiger partial charge in [0.25, 0.3) is 0 Å². The lowest BCUT2D eigenvalue weighted by Gasteiger charge is -2.23. The molecule has 1 rings (SSSR count). The van der Waals surface area contributed by atoms with Crippen LogP contribution in [0.3, 0.4) is 0 Å². The van der Waals surface area contributed by atoms with Crippen LogP contribution in [0.2, 0.25) is 0 Å². The third kappa shape index (κ3) is 3.53. The molecular formula is C11H15N3O2S. The van der Waals surface area contributed by atoms with Gasteiger partial charge >= 0.3 is 0 Å². The van der Waals surface area contributed by atoms with Gasteiger partial charge in [-0.1, -0.05) is 6.07 Å². The molecule has 0 heterocycles. The zero-order chi connectivity index (χ0) is 13.1. The SMILES string of the molecule is CC(C)(CN)NS(=O)(=O)c1cccc(C#N)c1. The molecule has 0 aromatic heterocycles. The Morgan fingerprint density at radius 3 is 2.65 bits per heavy atom. The van der Waals surface area contributed by atoms with Crippen molar-refractivity contribution in [1.29, 1.82) is 5.26 Å². The van der Waals surface area contributed by atoms with E-state index in [4.69, 9.17) is 11.0 Å². The fourth-order valence-corrected chi connectivity index (χ4v) is 2.67. The predicted molar refractivity (Wildman–Crippen MR) is 64.6 cm³/mol. The van der Waals surface area contributed by atoms with Crippen LogP contribution in [0.4, 0.5) is 0 Å². The smallest absolute Gasteiger partial charge is 0.241 e. The Morgan fingerprint density at radius 2 is 2.12 bits per heavy atom. The van der Waals surface area contributed by atoms with Crippen molar-refractivity contribution < 1.29 is 8.42 Å². The molecule has 5 nitrogen and oxygen atoms in total. The first-order valence-electron chi connectivity index (χ1n) is 5.05. The Balaban J connectivity index is 3.10. The van der Waals surface area contributed by atoms with Crippen LogP contribution in [-0.2, 0) is 10.0 Å². The molecular weight excluding hydrogens is 238 g/mol. The van der Waals surface area contributed by atoms with Gasteiger partial charge in [0.15, 0.2) is 0 Å². The van der Waals surface area contributed by atoms with Crippen molar-refractivity contribution in [1.82, 2.24) is 4.72 Å². The first-order valence-corrected chi connectivity index (χ1v) is 6.53. The molecule has 0 saturated carbocycles. The second-order valence-electron chi connectivity index (χ2n) is 4.33. The van der Waals surface area contributed by atoms with Crippen molar-refractivity contribution in [3.63, 3.8) is 0 Å². The zero-order valence-electron chi connectivity index (χ0n) is 9.77. The average molecular weight is 253 g/mol. The van der Waals surface area contributed by atoms with Gasteiger partial charge in [-0.15, -0.1) is 0 Å². The molecule has 17 heavy (non-hydrogen) atoms. The van der Waals surface area contributed by atoms with E-state index in [0.29, 0.717) is 5.56 Å². The molecule has 0 unspecified atom stereocenters. The van der Waals surface area contributed by atoms with Crippen molar-refractivity contribution >= 4 is 10.0 Å². The van der Waals surface area contributed by atoms with E-state index in [1.54, 1.807) is 19.9 Å². The summed E-state index contributed by atoms with van der Waals surface area (Å²) in [5.74, 6) is 0. The van der Waals surface area contributed by atoms with Gasteiger partial charge in [0.1, 0.15) is 0 Å². The largest absolute Gasteiger partial charge is 0.329 e. The summed E-state index contributed by atoms with van der Waals surface area (Å²) in [6.07, 6.45) is 0. The van der Waals surface area contributed by atoms with Gasteiger partial charge in [-0.3, -0.25) is 0 Å². The maximum absolute atomic E-state index is 12.0. The van der Waals surface area contributed by atoms with Crippen LogP contribution in [0, 0.1) is 11.3 Å². The molecule has 0 aliphatic rings. The number of nitriles is 1. The molecule has 0 aliphatic heterocycles. The first-order chi connectivity index (χ1) is 7.80. The summed E-state index contributed by atoms with van der Waals surface area (Å²) in [5, 5.41) is 8.72. The van der Waals surface area contributed by atoms with E-state index in [1.165, 1.54) is 18.2 Å². The molecule has 3 N–H and O–H groups in total. The summed E-state index contributed by atoms with van der Waals surface area (Å²) in [6, 6.07) is 7.75. The Labute approximate surface area is 101 Å². The van der Waals surface area contributed by atoms with Crippen molar-refractivity contribution in [2.75, 3.05) is 6.54 Å². The molecule has 0 spiro atoms. The summed E-state index contributed by atoms with van der Waals surface area (Å²) in [7, 11) is -3.64. The predicted octanol–water partition coefficient (Wildman–Crippen LogP) is 0.574. The fraction of sp³-hybridized carbons (Fsp3) is 0.364. The zero-order valence-corrected chi connectivity index (χ0v) is 10.6. The molecule has 6 heteroatoms. The summed E-state index contributed by atoms with van der Waals surface area (Å²) in [6.45, 7) is 3.57. The van der Waals surface area contributed by atoms with Gasteiger partial charge in [-0.25, -0.2) is 13.1 Å². The quantitative estimate of drug-likeness (QED) is 0.820. The molecule has 1 aromatic rings. The normalized spacial score (nSPS) is 12.1. The van der Waals surface area contributed by atoms with Crippen LogP contribution in [0.15, 0.2) is 29.2 Å². The van der Waals surface area contributed by atoms with Crippen LogP contribution >= 0.6 is 0 Å². The van der Waals surface area contributed by atoms with Crippen LogP contribution in [0.1, 0.15) is 19.4 Å². The molecule has 0 atom stereocenters. The van der Waals surface area contributed by atoms with Crippen LogP contribution < -0.4 is 10.5 Å². The molecule has 1 aromatic carbocycles. The van der Waals surface area contributed by atoms with Crippen LogP contribution in [-0.4, -0.2) is 20.5 Å². The molecule has 92 valence electrons. The summed E-state index contributed by atoms with van der Waals surface area (Å²) in [4.78, 5) is 0.0677. The highest BCUT2D eigenvalue weighted by atomic mass is 32.2. The topological polar surface area (TPSA) is 96.0 Å². The summed E-state index contributed by atoms with van der Waals surface area (Å²) >= 11 is 0. The highest BCUT2D eigenvalue weighted by molar-refractivity contribution is 7.89. The van der Waals surface area contributed by atoms with Gasteiger partial charge in [0, 0.05) is 12.1 Å². The molecule has 0 bridgehead atoms. The number of rotatable bonds is 4. The first kappa shape index (κ1) is 13.6. The number of hydrogen-bond acceptors (Lipinski definition) is 4. The number of nitrogens with zero attached hydrogens (tertiary/aromatic N) is 1. The lowest BCUT2D eigenvalue weighted by Crippen LogP contribution is -2.48. The summed E-state index contributed by atoms with van der Waals surface area (Å²) in [5.41, 5.74) is 5.05. The Hall–Kier alpha value is -1.42. The Kier molecular flexibility index (Phi) is 3.88. The van der Waals surface area contributed by atoms with E-state index in [2.05, 4.69) is 4.72 Å². The minimum atomic E-state index is -3.64. The molecule has 0 fully saturated rings. The van der Waals surface area contributed by atoms with Crippen molar-refractivity contribution in [3.05, 3.63) is 29.8 Å². The van der Waals surface area contributed by atoms with E-state index >= 15 is 0 Å². The third-order valence-electron chi connectivity index (χ3n) is 2.19. The van der Waals surface area contributed by atoms with E-state index < -0.39 is 15.6 Å². The maximum atomic E-state index is 12.0. The highest BCUT2D eigenvalue weighted by Gasteiger charge is 2.24. The summed E-state index contributed by atoms with van der Waals surface area (Å²) < 4.78 is 26.5.